The van der Waals surface area contributed by atoms with Crippen molar-refractivity contribution in [3.8, 4) is 0 Å². The minimum atomic E-state index is -0.315. The van der Waals surface area contributed by atoms with E-state index in [1.54, 1.807) is 6.08 Å². The lowest BCUT2D eigenvalue weighted by Gasteiger charge is -1.99. The maximum atomic E-state index is 11.0. The van der Waals surface area contributed by atoms with Crippen molar-refractivity contribution in [2.45, 2.75) is 6.42 Å². The summed E-state index contributed by atoms with van der Waals surface area (Å²) in [6.07, 6.45) is 1.98. The molecule has 17 heavy (non-hydrogen) atoms. The number of rotatable bonds is 4. The van der Waals surface area contributed by atoms with Crippen molar-refractivity contribution in [3.63, 3.8) is 0 Å². The maximum absolute atomic E-state index is 11.0. The summed E-state index contributed by atoms with van der Waals surface area (Å²) in [5, 5.41) is 14.8. The zero-order chi connectivity index (χ0) is 12.1. The van der Waals surface area contributed by atoms with Gasteiger partial charge in [-0.25, -0.2) is 0 Å². The molecular formula is C13H11NO2S. The molecule has 2 rings (SSSR count). The van der Waals surface area contributed by atoms with E-state index in [1.165, 1.54) is 11.3 Å². The van der Waals surface area contributed by atoms with Crippen LogP contribution in [0.2, 0.25) is 0 Å². The van der Waals surface area contributed by atoms with Gasteiger partial charge in [0.15, 0.2) is 0 Å². The zero-order valence-corrected chi connectivity index (χ0v) is 9.89. The van der Waals surface area contributed by atoms with Crippen molar-refractivity contribution in [2.24, 2.45) is 0 Å². The van der Waals surface area contributed by atoms with Gasteiger partial charge in [-0.1, -0.05) is 30.3 Å². The van der Waals surface area contributed by atoms with E-state index in [0.29, 0.717) is 6.42 Å². The Morgan fingerprint density at radius 1 is 1.29 bits per heavy atom. The van der Waals surface area contributed by atoms with Crippen LogP contribution in [0.15, 0.2) is 52.9 Å². The second-order valence-electron chi connectivity index (χ2n) is 3.61. The first-order valence-electron chi connectivity index (χ1n) is 5.17. The lowest BCUT2D eigenvalue weighted by atomic mass is 10.1. The Morgan fingerprint density at radius 2 is 2.06 bits per heavy atom. The standard InChI is InChI=1S/C13H11NO2S/c15-14(16)13(9-12-6-7-17-10-12)8-11-4-2-1-3-5-11/h1-7,9-10H,8H2. The Hall–Kier alpha value is -1.94. The highest BCUT2D eigenvalue weighted by molar-refractivity contribution is 7.08. The Kier molecular flexibility index (Phi) is 3.67. The molecule has 0 aliphatic carbocycles. The Bertz CT molecular complexity index is 518. The normalized spacial score (nSPS) is 11.4. The molecular weight excluding hydrogens is 234 g/mol. The number of benzene rings is 1. The van der Waals surface area contributed by atoms with E-state index in [4.69, 9.17) is 0 Å². The third-order valence-electron chi connectivity index (χ3n) is 2.34. The first-order valence-corrected chi connectivity index (χ1v) is 6.11. The summed E-state index contributed by atoms with van der Waals surface area (Å²) >= 11 is 1.53. The van der Waals surface area contributed by atoms with E-state index >= 15 is 0 Å². The predicted molar refractivity (Wildman–Crippen MR) is 69.4 cm³/mol. The van der Waals surface area contributed by atoms with Gasteiger partial charge in [0.25, 0.3) is 5.70 Å². The van der Waals surface area contributed by atoms with Crippen LogP contribution < -0.4 is 0 Å². The van der Waals surface area contributed by atoms with Crippen molar-refractivity contribution in [3.05, 3.63) is 74.1 Å². The molecule has 0 saturated heterocycles. The molecule has 0 N–H and O–H groups in total. The van der Waals surface area contributed by atoms with Gasteiger partial charge < -0.3 is 0 Å². The Morgan fingerprint density at radius 3 is 2.65 bits per heavy atom. The van der Waals surface area contributed by atoms with Gasteiger partial charge in [0.05, 0.1) is 11.3 Å². The summed E-state index contributed by atoms with van der Waals surface area (Å²) in [7, 11) is 0. The van der Waals surface area contributed by atoms with Crippen LogP contribution >= 0.6 is 11.3 Å². The summed E-state index contributed by atoms with van der Waals surface area (Å²) in [6, 6.07) is 11.3. The molecule has 0 bridgehead atoms. The van der Waals surface area contributed by atoms with Gasteiger partial charge in [-0.05, 0) is 28.0 Å². The van der Waals surface area contributed by atoms with Crippen LogP contribution in [-0.4, -0.2) is 4.92 Å². The molecule has 0 amide bonds. The van der Waals surface area contributed by atoms with Gasteiger partial charge in [0, 0.05) is 6.08 Å². The predicted octanol–water partition coefficient (Wildman–Crippen LogP) is 3.61. The van der Waals surface area contributed by atoms with Crippen molar-refractivity contribution in [2.75, 3.05) is 0 Å². The molecule has 86 valence electrons. The molecule has 0 spiro atoms. The van der Waals surface area contributed by atoms with Crippen LogP contribution in [0.5, 0.6) is 0 Å². The number of allylic oxidation sites excluding steroid dienone is 1. The topological polar surface area (TPSA) is 43.1 Å². The van der Waals surface area contributed by atoms with E-state index in [9.17, 15) is 10.1 Å². The molecule has 0 aliphatic heterocycles. The van der Waals surface area contributed by atoms with E-state index < -0.39 is 0 Å². The van der Waals surface area contributed by atoms with Crippen LogP contribution in [0.1, 0.15) is 11.1 Å². The quantitative estimate of drug-likeness (QED) is 0.610. The van der Waals surface area contributed by atoms with E-state index in [-0.39, 0.29) is 10.6 Å². The van der Waals surface area contributed by atoms with E-state index in [1.807, 2.05) is 47.2 Å². The van der Waals surface area contributed by atoms with Crippen LogP contribution in [0.25, 0.3) is 6.08 Å². The minimum Gasteiger partial charge on any atom is -0.259 e. The molecule has 0 atom stereocenters. The number of hydrogen-bond donors (Lipinski definition) is 0. The second kappa shape index (κ2) is 5.41. The van der Waals surface area contributed by atoms with Crippen LogP contribution in [0, 0.1) is 10.1 Å². The van der Waals surface area contributed by atoms with Crippen molar-refractivity contribution in [1.29, 1.82) is 0 Å². The smallest absolute Gasteiger partial charge is 0.251 e. The second-order valence-corrected chi connectivity index (χ2v) is 4.39. The number of thiophene rings is 1. The van der Waals surface area contributed by atoms with Crippen molar-refractivity contribution >= 4 is 17.4 Å². The molecule has 2 aromatic rings. The molecule has 4 heteroatoms. The average Bonchev–Trinajstić information content (AvgIpc) is 2.82. The summed E-state index contributed by atoms with van der Waals surface area (Å²) in [5.74, 6) is 0. The third kappa shape index (κ3) is 3.26. The highest BCUT2D eigenvalue weighted by Gasteiger charge is 2.11. The molecule has 1 aromatic carbocycles. The monoisotopic (exact) mass is 245 g/mol. The molecule has 3 nitrogen and oxygen atoms in total. The highest BCUT2D eigenvalue weighted by atomic mass is 32.1. The van der Waals surface area contributed by atoms with E-state index in [2.05, 4.69) is 0 Å². The van der Waals surface area contributed by atoms with Crippen molar-refractivity contribution < 1.29 is 4.92 Å². The lowest BCUT2D eigenvalue weighted by molar-refractivity contribution is -0.425. The van der Waals surface area contributed by atoms with Gasteiger partial charge in [0.2, 0.25) is 0 Å². The zero-order valence-electron chi connectivity index (χ0n) is 9.08. The van der Waals surface area contributed by atoms with Gasteiger partial charge in [-0.2, -0.15) is 11.3 Å². The lowest BCUT2D eigenvalue weighted by Crippen LogP contribution is -2.02. The molecule has 1 aromatic heterocycles. The summed E-state index contributed by atoms with van der Waals surface area (Å²) in [6.45, 7) is 0. The third-order valence-corrected chi connectivity index (χ3v) is 3.04. The van der Waals surface area contributed by atoms with Gasteiger partial charge in [0.1, 0.15) is 0 Å². The molecule has 0 saturated carbocycles. The van der Waals surface area contributed by atoms with Crippen LogP contribution in [0.3, 0.4) is 0 Å². The summed E-state index contributed by atoms with van der Waals surface area (Å²) in [4.78, 5) is 10.7. The van der Waals surface area contributed by atoms with Crippen LogP contribution in [-0.2, 0) is 6.42 Å². The minimum absolute atomic E-state index is 0.217. The summed E-state index contributed by atoms with van der Waals surface area (Å²) < 4.78 is 0. The number of nitro groups is 1. The largest absolute Gasteiger partial charge is 0.259 e. The van der Waals surface area contributed by atoms with Crippen molar-refractivity contribution in [1.82, 2.24) is 0 Å². The molecule has 1 heterocycles. The maximum Gasteiger partial charge on any atom is 0.251 e. The Labute approximate surface area is 103 Å². The fourth-order valence-electron chi connectivity index (χ4n) is 1.52. The number of hydrogen-bond acceptors (Lipinski definition) is 3. The molecule has 0 radical (unpaired) electrons. The fraction of sp³-hybridized carbons (Fsp3) is 0.0769. The SMILES string of the molecule is O=[N+]([O-])C(=Cc1ccsc1)Cc1ccccc1. The number of nitrogens with zero attached hydrogens (tertiary/aromatic N) is 1. The highest BCUT2D eigenvalue weighted by Crippen LogP contribution is 2.15. The molecule has 0 unspecified atom stereocenters. The molecule has 0 fully saturated rings. The first kappa shape index (κ1) is 11.5. The fourth-order valence-corrected chi connectivity index (χ4v) is 2.14. The summed E-state index contributed by atoms with van der Waals surface area (Å²) in [5.41, 5.74) is 2.05. The van der Waals surface area contributed by atoms with Gasteiger partial charge in [-0.15, -0.1) is 0 Å². The Balaban J connectivity index is 2.22. The van der Waals surface area contributed by atoms with Crippen LogP contribution in [0.4, 0.5) is 0 Å². The average molecular weight is 245 g/mol. The van der Waals surface area contributed by atoms with Gasteiger partial charge >= 0.3 is 0 Å². The first-order chi connectivity index (χ1) is 8.25. The molecule has 0 aliphatic rings. The van der Waals surface area contributed by atoms with E-state index in [0.717, 1.165) is 11.1 Å². The van der Waals surface area contributed by atoms with Gasteiger partial charge in [-0.3, -0.25) is 10.1 Å².